The van der Waals surface area contributed by atoms with Crippen LogP contribution in [0.2, 0.25) is 13.1 Å². The molecule has 0 saturated carbocycles. The molecule has 5 heteroatoms. The Balaban J connectivity index is 1.50. The van der Waals surface area contributed by atoms with Gasteiger partial charge in [0.05, 0.1) is 0 Å². The number of halogens is 2. The average molecular weight is 809 g/mol. The Bertz CT molecular complexity index is 2370. The summed E-state index contributed by atoms with van der Waals surface area (Å²) in [5.74, 6) is 1.77. The van der Waals surface area contributed by atoms with Crippen molar-refractivity contribution in [2.24, 2.45) is 0 Å². The van der Waals surface area contributed by atoms with E-state index in [0.717, 1.165) is 17.1 Å². The van der Waals surface area contributed by atoms with Gasteiger partial charge in [0.25, 0.3) is 0 Å². The Morgan fingerprint density at radius 1 is 0.627 bits per heavy atom. The van der Waals surface area contributed by atoms with E-state index in [-0.39, 0.29) is 12.7 Å². The molecule has 0 amide bonds. The molecule has 51 heavy (non-hydrogen) atoms. The fourth-order valence-corrected chi connectivity index (χ4v) is 38.2. The molecule has 0 N–H and O–H groups in total. The van der Waals surface area contributed by atoms with Gasteiger partial charge in [-0.1, -0.05) is 0 Å². The first-order chi connectivity index (χ1) is 23.9. The van der Waals surface area contributed by atoms with Crippen LogP contribution in [0.15, 0.2) is 88.9 Å². The predicted octanol–water partition coefficient (Wildman–Crippen LogP) is 14.5. The van der Waals surface area contributed by atoms with Crippen molar-refractivity contribution in [3.8, 4) is 22.3 Å². The second-order valence-electron chi connectivity index (χ2n) is 16.6. The fourth-order valence-electron chi connectivity index (χ4n) is 9.11. The zero-order valence-corrected chi connectivity index (χ0v) is 36.9. The topological polar surface area (TPSA) is 13.1 Å². The molecular weight excluding hydrogens is 759 g/mol. The quantitative estimate of drug-likeness (QED) is 0.161. The van der Waals surface area contributed by atoms with Gasteiger partial charge in [0, 0.05) is 0 Å². The summed E-state index contributed by atoms with van der Waals surface area (Å²) < 4.78 is 6.35. The second-order valence-corrected chi connectivity index (χ2v) is 55.4. The molecule has 4 aromatic carbocycles. The summed E-state index contributed by atoms with van der Waals surface area (Å²) in [6.07, 6.45) is 4.79. The molecular formula is C46H50Cl2OSiZr. The Labute approximate surface area is 313 Å². The number of rotatable bonds is 5. The Hall–Kier alpha value is -2.68. The standard InChI is InChI=1S/C25H25O.C19H19.C2H6Si.2ClH.Zr/c1-16-6-8-19-14-20(23-13-7-17(2)26-23)15-22(19)24(16)18-9-11-21(12-10-18)25(3,4)5;1-12-7-13(2)10-17(9-12)19-15(4)5-6-16-8-14(3)11-18(16)19;1-3-2;;;/h6-15H,1-5H3;5-11H,1-4H3;1-2H3;2*1H;/q;;;;;+2/p-2. The first kappa shape index (κ1) is 36.7. The van der Waals surface area contributed by atoms with Crippen LogP contribution in [0.1, 0.15) is 96.5 Å². The maximum atomic E-state index is 8.74. The van der Waals surface area contributed by atoms with Crippen molar-refractivity contribution in [3.05, 3.63) is 146 Å². The molecule has 2 unspecified atom stereocenters. The van der Waals surface area contributed by atoms with Crippen LogP contribution in [0, 0.1) is 34.6 Å². The third-order valence-corrected chi connectivity index (χ3v) is 58.2. The van der Waals surface area contributed by atoms with Crippen LogP contribution in [-0.2, 0) is 20.4 Å². The zero-order valence-electron chi connectivity index (χ0n) is 32.0. The van der Waals surface area contributed by atoms with Gasteiger partial charge in [0.2, 0.25) is 0 Å². The van der Waals surface area contributed by atoms with E-state index in [4.69, 9.17) is 21.4 Å². The third kappa shape index (κ3) is 5.90. The minimum absolute atomic E-state index is 0.0230. The SMILES string of the molecule is CC1=Cc2c(ccc(C)c2-c2cc(C)cc(C)c2)[CH]1[Zr]([Cl])([Cl])([CH]1C(c2ccc(C)o2)=Cc2c1ccc(C)c2-c1ccc(C(C)(C)C)cc1)=[Si](C)C. The van der Waals surface area contributed by atoms with Gasteiger partial charge in [-0.05, 0) is 0 Å². The molecule has 7 rings (SSSR count). The minimum atomic E-state index is -5.08. The zero-order chi connectivity index (χ0) is 36.8. The first-order valence-electron chi connectivity index (χ1n) is 18.2. The van der Waals surface area contributed by atoms with E-state index >= 15 is 0 Å². The summed E-state index contributed by atoms with van der Waals surface area (Å²) in [6, 6.07) is 29.5. The van der Waals surface area contributed by atoms with Gasteiger partial charge < -0.3 is 0 Å². The van der Waals surface area contributed by atoms with Gasteiger partial charge >= 0.3 is 316 Å². The summed E-state index contributed by atoms with van der Waals surface area (Å²) in [5.41, 5.74) is 17.7. The summed E-state index contributed by atoms with van der Waals surface area (Å²) in [4.78, 5) is 0. The number of hydrogen-bond acceptors (Lipinski definition) is 1. The van der Waals surface area contributed by atoms with Crippen molar-refractivity contribution in [2.45, 2.75) is 88.1 Å². The van der Waals surface area contributed by atoms with E-state index in [1.807, 2.05) is 6.92 Å². The summed E-state index contributed by atoms with van der Waals surface area (Å²) in [7, 11) is 17.5. The molecule has 0 spiro atoms. The van der Waals surface area contributed by atoms with Crippen LogP contribution in [-0.4, -0.2) is 5.43 Å². The molecule has 5 aromatic rings. The van der Waals surface area contributed by atoms with Crippen molar-refractivity contribution in [2.75, 3.05) is 0 Å². The number of allylic oxidation sites excluding steroid dienone is 2. The molecule has 0 radical (unpaired) electrons. The monoisotopic (exact) mass is 806 g/mol. The summed E-state index contributed by atoms with van der Waals surface area (Å²) in [5, 5.41) is 0. The maximum absolute atomic E-state index is 8.74. The average Bonchev–Trinajstić information content (AvgIpc) is 3.75. The Kier molecular flexibility index (Phi) is 9.15. The summed E-state index contributed by atoms with van der Waals surface area (Å²) in [6.45, 7) is 24.7. The number of hydrogen-bond donors (Lipinski definition) is 0. The van der Waals surface area contributed by atoms with Crippen LogP contribution < -0.4 is 0 Å². The number of benzene rings is 4. The van der Waals surface area contributed by atoms with Crippen molar-refractivity contribution in [1.82, 2.24) is 0 Å². The van der Waals surface area contributed by atoms with Crippen molar-refractivity contribution < 1.29 is 19.4 Å². The van der Waals surface area contributed by atoms with Crippen LogP contribution in [0.5, 0.6) is 0 Å². The number of fused-ring (bicyclic) bond motifs is 2. The summed E-state index contributed by atoms with van der Waals surface area (Å²) >= 11 is -5.08. The van der Waals surface area contributed by atoms with Gasteiger partial charge in [-0.25, -0.2) is 0 Å². The van der Waals surface area contributed by atoms with E-state index in [9.17, 15) is 0 Å². The molecule has 0 bridgehead atoms. The van der Waals surface area contributed by atoms with E-state index in [1.165, 1.54) is 77.9 Å². The second kappa shape index (κ2) is 12.7. The van der Waals surface area contributed by atoms with Gasteiger partial charge in [0.15, 0.2) is 0 Å². The normalized spacial score (nSPS) is 17.3. The molecule has 0 saturated heterocycles. The van der Waals surface area contributed by atoms with E-state index in [2.05, 4.69) is 159 Å². The van der Waals surface area contributed by atoms with Gasteiger partial charge in [0.1, 0.15) is 0 Å². The third-order valence-electron chi connectivity index (χ3n) is 11.6. The van der Waals surface area contributed by atoms with Gasteiger partial charge in [-0.15, -0.1) is 0 Å². The van der Waals surface area contributed by atoms with E-state index in [1.54, 1.807) is 0 Å². The molecule has 1 aromatic heterocycles. The number of furan rings is 1. The van der Waals surface area contributed by atoms with Crippen LogP contribution in [0.4, 0.5) is 0 Å². The van der Waals surface area contributed by atoms with Gasteiger partial charge in [-0.3, -0.25) is 0 Å². The number of aryl methyl sites for hydroxylation is 5. The molecule has 2 aliphatic carbocycles. The Morgan fingerprint density at radius 3 is 1.71 bits per heavy atom. The molecule has 0 fully saturated rings. The molecule has 0 aliphatic heterocycles. The molecule has 2 aliphatic rings. The van der Waals surface area contributed by atoms with Crippen molar-refractivity contribution >= 4 is 40.2 Å². The van der Waals surface area contributed by atoms with Crippen molar-refractivity contribution in [3.63, 3.8) is 0 Å². The van der Waals surface area contributed by atoms with Crippen LogP contribution in [0.25, 0.3) is 40.0 Å². The van der Waals surface area contributed by atoms with Crippen LogP contribution >= 0.6 is 17.0 Å². The predicted molar refractivity (Wildman–Crippen MR) is 221 cm³/mol. The molecule has 262 valence electrons. The molecule has 1 heterocycles. The Morgan fingerprint density at radius 2 is 1.18 bits per heavy atom. The van der Waals surface area contributed by atoms with Crippen LogP contribution in [0.3, 0.4) is 0 Å². The molecule has 1 nitrogen and oxygen atoms in total. The van der Waals surface area contributed by atoms with Crippen molar-refractivity contribution in [1.29, 1.82) is 0 Å². The van der Waals surface area contributed by atoms with E-state index < -0.39 is 20.4 Å². The first-order valence-corrected chi connectivity index (χ1v) is 33.6. The van der Waals surface area contributed by atoms with Gasteiger partial charge in [-0.2, -0.15) is 0 Å². The molecule has 2 atom stereocenters. The fraction of sp³-hybridized carbons (Fsp3) is 0.304. The van der Waals surface area contributed by atoms with E-state index in [0.29, 0.717) is 0 Å².